The van der Waals surface area contributed by atoms with Gasteiger partial charge in [-0.15, -0.1) is 6.58 Å². The van der Waals surface area contributed by atoms with Gasteiger partial charge in [-0.2, -0.15) is 0 Å². The Kier molecular flexibility index (Phi) is 4.96. The zero-order valence-electron chi connectivity index (χ0n) is 10.6. The molecule has 0 radical (unpaired) electrons. The monoisotopic (exact) mass is 225 g/mol. The number of carbonyl (C=O) groups is 1. The van der Waals surface area contributed by atoms with Crippen molar-refractivity contribution in [3.05, 3.63) is 12.7 Å². The lowest BCUT2D eigenvalue weighted by Crippen LogP contribution is -2.50. The molecule has 1 aliphatic rings. The molecule has 92 valence electrons. The topological polar surface area (TPSA) is 35.6 Å². The molecule has 0 aromatic rings. The Labute approximate surface area is 98.3 Å². The summed E-state index contributed by atoms with van der Waals surface area (Å²) in [4.78, 5) is 16.2. The van der Waals surface area contributed by atoms with E-state index in [0.717, 1.165) is 25.9 Å². The first-order valence-electron chi connectivity index (χ1n) is 5.85. The van der Waals surface area contributed by atoms with E-state index in [0.29, 0.717) is 6.04 Å². The van der Waals surface area contributed by atoms with Crippen molar-refractivity contribution in [1.82, 2.24) is 15.1 Å². The molecule has 1 rings (SSSR count). The molecular weight excluding hydrogens is 202 g/mol. The van der Waals surface area contributed by atoms with E-state index in [1.165, 1.54) is 0 Å². The van der Waals surface area contributed by atoms with E-state index >= 15 is 0 Å². The molecule has 1 saturated heterocycles. The van der Waals surface area contributed by atoms with E-state index in [9.17, 15) is 4.79 Å². The van der Waals surface area contributed by atoms with Crippen LogP contribution < -0.4 is 5.32 Å². The average molecular weight is 225 g/mol. The Balaban J connectivity index is 2.53. The van der Waals surface area contributed by atoms with E-state index in [1.54, 1.807) is 13.1 Å². The molecule has 0 aromatic heterocycles. The van der Waals surface area contributed by atoms with Crippen molar-refractivity contribution in [1.29, 1.82) is 0 Å². The number of rotatable bonds is 4. The number of nitrogens with one attached hydrogen (secondary N) is 1. The van der Waals surface area contributed by atoms with Crippen LogP contribution in [0.25, 0.3) is 0 Å². The lowest BCUT2D eigenvalue weighted by molar-refractivity contribution is -0.133. The Morgan fingerprint density at radius 1 is 1.56 bits per heavy atom. The minimum atomic E-state index is -0.260. The zero-order chi connectivity index (χ0) is 12.1. The number of likely N-dealkylation sites (N-methyl/N-ethyl adjacent to an activating group) is 2. The molecule has 0 aliphatic carbocycles. The highest BCUT2D eigenvalue weighted by Crippen LogP contribution is 2.14. The van der Waals surface area contributed by atoms with E-state index < -0.39 is 0 Å². The van der Waals surface area contributed by atoms with Gasteiger partial charge in [-0.25, -0.2) is 0 Å². The van der Waals surface area contributed by atoms with Gasteiger partial charge in [-0.3, -0.25) is 4.79 Å². The third kappa shape index (κ3) is 3.06. The third-order valence-corrected chi connectivity index (χ3v) is 3.40. The quantitative estimate of drug-likeness (QED) is 0.700. The highest BCUT2D eigenvalue weighted by molar-refractivity contribution is 5.83. The molecule has 1 N–H and O–H groups in total. The van der Waals surface area contributed by atoms with Crippen molar-refractivity contribution in [3.63, 3.8) is 0 Å². The average Bonchev–Trinajstić information content (AvgIpc) is 2.30. The molecule has 1 fully saturated rings. The van der Waals surface area contributed by atoms with Crippen LogP contribution in [0.1, 0.15) is 12.8 Å². The molecule has 4 nitrogen and oxygen atoms in total. The van der Waals surface area contributed by atoms with E-state index in [2.05, 4.69) is 23.8 Å². The Morgan fingerprint density at radius 2 is 2.12 bits per heavy atom. The van der Waals surface area contributed by atoms with E-state index in [1.807, 2.05) is 11.9 Å². The lowest BCUT2D eigenvalue weighted by Gasteiger charge is -2.36. The minimum Gasteiger partial charge on any atom is -0.341 e. The van der Waals surface area contributed by atoms with Gasteiger partial charge in [-0.05, 0) is 40.0 Å². The van der Waals surface area contributed by atoms with Gasteiger partial charge in [0.1, 0.15) is 6.04 Å². The maximum atomic E-state index is 12.1. The molecule has 0 unspecified atom stereocenters. The number of likely N-dealkylation sites (tertiary alicyclic amines) is 1. The second-order valence-electron chi connectivity index (χ2n) is 4.49. The van der Waals surface area contributed by atoms with E-state index in [-0.39, 0.29) is 11.9 Å². The normalized spacial score (nSPS) is 20.4. The number of carbonyl (C=O) groups excluding carboxylic acids is 1. The smallest absolute Gasteiger partial charge is 0.243 e. The van der Waals surface area contributed by atoms with Crippen LogP contribution in [0.5, 0.6) is 0 Å². The molecule has 1 atom stereocenters. The molecule has 4 heteroatoms. The predicted molar refractivity (Wildman–Crippen MR) is 66.3 cm³/mol. The second kappa shape index (κ2) is 6.01. The van der Waals surface area contributed by atoms with Crippen LogP contribution in [0.15, 0.2) is 12.7 Å². The van der Waals surface area contributed by atoms with Gasteiger partial charge in [0.15, 0.2) is 0 Å². The lowest BCUT2D eigenvalue weighted by atomic mass is 10.0. The first-order valence-corrected chi connectivity index (χ1v) is 5.85. The van der Waals surface area contributed by atoms with Gasteiger partial charge in [0.2, 0.25) is 5.91 Å². The number of hydrogen-bond donors (Lipinski definition) is 1. The van der Waals surface area contributed by atoms with Gasteiger partial charge in [-0.1, -0.05) is 6.08 Å². The molecule has 1 amide bonds. The first kappa shape index (κ1) is 13.2. The molecule has 0 saturated carbocycles. The van der Waals surface area contributed by atoms with Crippen LogP contribution in [-0.2, 0) is 4.79 Å². The summed E-state index contributed by atoms with van der Waals surface area (Å²) in [7, 11) is 5.80. The van der Waals surface area contributed by atoms with Crippen molar-refractivity contribution in [2.45, 2.75) is 24.9 Å². The Morgan fingerprint density at radius 3 is 2.56 bits per heavy atom. The fourth-order valence-electron chi connectivity index (χ4n) is 2.12. The third-order valence-electron chi connectivity index (χ3n) is 3.40. The molecule has 0 bridgehead atoms. The second-order valence-corrected chi connectivity index (χ2v) is 4.49. The highest BCUT2D eigenvalue weighted by atomic mass is 16.2. The van der Waals surface area contributed by atoms with E-state index in [4.69, 9.17) is 0 Å². The SMILES string of the molecule is C=C[C@@H](NC)C(=O)N(C)C1CCN(C)CC1. The Bertz CT molecular complexity index is 247. The number of nitrogens with zero attached hydrogens (tertiary/aromatic N) is 2. The summed E-state index contributed by atoms with van der Waals surface area (Å²) in [5.41, 5.74) is 0. The number of amides is 1. The fourth-order valence-corrected chi connectivity index (χ4v) is 2.12. The maximum Gasteiger partial charge on any atom is 0.243 e. The van der Waals surface area contributed by atoms with Gasteiger partial charge in [0.25, 0.3) is 0 Å². The van der Waals surface area contributed by atoms with Gasteiger partial charge >= 0.3 is 0 Å². The minimum absolute atomic E-state index is 0.118. The van der Waals surface area contributed by atoms with Crippen LogP contribution in [-0.4, -0.2) is 62.0 Å². The standard InChI is InChI=1S/C12H23N3O/c1-5-11(13-2)12(16)15(4)10-6-8-14(3)9-7-10/h5,10-11,13H,1,6-9H2,2-4H3/t11-/m1/s1. The zero-order valence-corrected chi connectivity index (χ0v) is 10.6. The Hall–Kier alpha value is -0.870. The number of hydrogen-bond acceptors (Lipinski definition) is 3. The molecule has 16 heavy (non-hydrogen) atoms. The van der Waals surface area contributed by atoms with Gasteiger partial charge in [0.05, 0.1) is 0 Å². The fraction of sp³-hybridized carbons (Fsp3) is 0.750. The summed E-state index contributed by atoms with van der Waals surface area (Å²) < 4.78 is 0. The van der Waals surface area contributed by atoms with Crippen LogP contribution in [0.2, 0.25) is 0 Å². The summed E-state index contributed by atoms with van der Waals surface area (Å²) in [5.74, 6) is 0.118. The largest absolute Gasteiger partial charge is 0.341 e. The van der Waals surface area contributed by atoms with Crippen LogP contribution in [0.3, 0.4) is 0 Å². The summed E-state index contributed by atoms with van der Waals surface area (Å²) in [6, 6.07) is 0.115. The maximum absolute atomic E-state index is 12.1. The summed E-state index contributed by atoms with van der Waals surface area (Å²) >= 11 is 0. The number of piperidine rings is 1. The van der Waals surface area contributed by atoms with Crippen molar-refractivity contribution in [2.24, 2.45) is 0 Å². The molecular formula is C12H23N3O. The van der Waals surface area contributed by atoms with Crippen molar-refractivity contribution in [3.8, 4) is 0 Å². The van der Waals surface area contributed by atoms with Gasteiger partial charge < -0.3 is 15.1 Å². The van der Waals surface area contributed by atoms with Crippen molar-refractivity contribution >= 4 is 5.91 Å². The molecule has 1 heterocycles. The predicted octanol–water partition coefficient (Wildman–Crippen LogP) is 0.313. The molecule has 1 aliphatic heterocycles. The van der Waals surface area contributed by atoms with Gasteiger partial charge in [0, 0.05) is 13.1 Å². The van der Waals surface area contributed by atoms with Crippen molar-refractivity contribution < 1.29 is 4.79 Å². The summed E-state index contributed by atoms with van der Waals surface area (Å²) in [6.45, 7) is 5.81. The summed E-state index contributed by atoms with van der Waals surface area (Å²) in [6.07, 6.45) is 3.78. The van der Waals surface area contributed by atoms with Crippen molar-refractivity contribution in [2.75, 3.05) is 34.2 Å². The first-order chi connectivity index (χ1) is 7.60. The summed E-state index contributed by atoms with van der Waals surface area (Å²) in [5, 5.41) is 2.96. The van der Waals surface area contributed by atoms with Crippen LogP contribution in [0.4, 0.5) is 0 Å². The van der Waals surface area contributed by atoms with Crippen LogP contribution in [0, 0.1) is 0 Å². The van der Waals surface area contributed by atoms with Crippen LogP contribution >= 0.6 is 0 Å². The highest BCUT2D eigenvalue weighted by Gasteiger charge is 2.26. The molecule has 0 spiro atoms. The molecule has 0 aromatic carbocycles.